The lowest BCUT2D eigenvalue weighted by molar-refractivity contribution is 1.08. The third-order valence-corrected chi connectivity index (χ3v) is 27.6. The monoisotopic (exact) mass is 1520 g/mol. The third kappa shape index (κ3) is 10.4. The van der Waals surface area contributed by atoms with Gasteiger partial charge in [-0.15, -0.1) is 45.3 Å². The van der Waals surface area contributed by atoms with Crippen molar-refractivity contribution < 1.29 is 0 Å². The first kappa shape index (κ1) is 64.9. The van der Waals surface area contributed by atoms with Crippen molar-refractivity contribution in [1.29, 1.82) is 0 Å². The Balaban J connectivity index is 0.000000132. The van der Waals surface area contributed by atoms with E-state index >= 15 is 0 Å². The van der Waals surface area contributed by atoms with Crippen molar-refractivity contribution in [1.82, 2.24) is 29.9 Å². The van der Waals surface area contributed by atoms with Crippen LogP contribution in [0.15, 0.2) is 352 Å². The molecule has 0 saturated carbocycles. The molecule has 0 aliphatic heterocycles. The minimum Gasteiger partial charge on any atom is -0.208 e. The summed E-state index contributed by atoms with van der Waals surface area (Å²) in [5, 5.41) is 29.8. The van der Waals surface area contributed by atoms with Gasteiger partial charge in [-0.3, -0.25) is 0 Å². The highest BCUT2D eigenvalue weighted by molar-refractivity contribution is 7.27. The predicted molar refractivity (Wildman–Crippen MR) is 489 cm³/mol. The summed E-state index contributed by atoms with van der Waals surface area (Å²) >= 11 is 7.28. The molecule has 528 valence electrons. The second-order valence-corrected chi connectivity index (χ2v) is 33.7. The van der Waals surface area contributed by atoms with Gasteiger partial charge in [0, 0.05) is 114 Å². The molecule has 0 bridgehead atoms. The zero-order chi connectivity index (χ0) is 74.6. The molecule has 0 saturated heterocycles. The lowest BCUT2D eigenvalue weighted by atomic mass is 9.87. The molecule has 25 aromatic rings. The largest absolute Gasteiger partial charge is 0.208 e. The minimum atomic E-state index is 0.646. The Bertz CT molecular complexity index is 8140. The van der Waals surface area contributed by atoms with Gasteiger partial charge < -0.3 is 0 Å². The Labute approximate surface area is 668 Å². The molecular formula is C104H58N6S4. The van der Waals surface area contributed by atoms with Crippen LogP contribution in [0.4, 0.5) is 0 Å². The molecule has 0 N–H and O–H groups in total. The first-order valence-electron chi connectivity index (χ1n) is 38.3. The highest BCUT2D eigenvalue weighted by Gasteiger charge is 2.23. The summed E-state index contributed by atoms with van der Waals surface area (Å²) in [6.07, 6.45) is 0. The summed E-state index contributed by atoms with van der Waals surface area (Å²) in [5.41, 5.74) is 8.16. The molecule has 0 atom stereocenters. The molecule has 0 spiro atoms. The standard InChI is InChI=1S/C55H31N3S2.C49H27N3S2/c1-2-13-38-36(11-1)37-12-3-5-17-42(37)52-43-18-6-4-14-39(43)44(31-47(38)52)32-21-23-33(24-22-32)53-56-54(34-25-27-50-45(29-34)40-15-7-9-19-48(40)59-50)58-55(57-53)35-26-28-51-46(30-35)41-16-8-10-20-49(41)60-51;1-2-13-32-30(11-1)31-12-3-5-17-36(31)46-37-18-6-4-14-33(37)41(27-40(32)46)49-51-47(28-21-23-44-38(25-28)34-15-7-9-19-42(34)53-44)50-48(52-49)29-22-24-45-39(26-29)35-16-8-10-20-43(35)54-45/h1-31H;1-27H. The number of aromatic nitrogens is 6. The van der Waals surface area contributed by atoms with Crippen LogP contribution in [0, 0.1) is 0 Å². The van der Waals surface area contributed by atoms with Crippen LogP contribution in [0.3, 0.4) is 0 Å². The lowest BCUT2D eigenvalue weighted by Crippen LogP contribution is -2.01. The van der Waals surface area contributed by atoms with Gasteiger partial charge in [-0.1, -0.05) is 243 Å². The van der Waals surface area contributed by atoms with E-state index in [1.165, 1.54) is 167 Å². The van der Waals surface area contributed by atoms with Crippen LogP contribution in [0.5, 0.6) is 0 Å². The van der Waals surface area contributed by atoms with E-state index in [0.29, 0.717) is 34.9 Å². The van der Waals surface area contributed by atoms with Gasteiger partial charge in [0.2, 0.25) is 0 Å². The Morgan fingerprint density at radius 2 is 0.342 bits per heavy atom. The summed E-state index contributed by atoms with van der Waals surface area (Å²) < 4.78 is 10.1. The van der Waals surface area contributed by atoms with Gasteiger partial charge in [0.1, 0.15) is 0 Å². The maximum absolute atomic E-state index is 5.36. The van der Waals surface area contributed by atoms with Crippen molar-refractivity contribution in [3.05, 3.63) is 352 Å². The van der Waals surface area contributed by atoms with Crippen LogP contribution in [0.2, 0.25) is 0 Å². The van der Waals surface area contributed by atoms with E-state index in [0.717, 1.165) is 44.3 Å². The zero-order valence-electron chi connectivity index (χ0n) is 60.8. The third-order valence-electron chi connectivity index (χ3n) is 23.0. The molecule has 0 aliphatic rings. The van der Waals surface area contributed by atoms with Crippen LogP contribution in [-0.4, -0.2) is 29.9 Å². The SMILES string of the molecule is c1ccc2c(c1)sc1ccc(-c3nc(-c4ccc(-c5cc6c7ccccc7c7ccccc7c6c6ccccc56)cc4)nc(-c4ccc5sc6ccccc6c5c4)n3)cc12.c1ccc2c(c1)sc1ccc(-c3nc(-c4ccc5sc6ccccc6c5c4)nc(-c4cc5c6ccccc6c6ccccc6c5c5ccccc45)n3)cc12. The highest BCUT2D eigenvalue weighted by Crippen LogP contribution is 2.48. The first-order valence-corrected chi connectivity index (χ1v) is 41.5. The van der Waals surface area contributed by atoms with Gasteiger partial charge in [-0.2, -0.15) is 0 Å². The number of rotatable bonds is 7. The number of fused-ring (bicyclic) bond motifs is 28. The lowest BCUT2D eigenvalue weighted by Gasteiger charge is -2.16. The number of nitrogens with zero attached hydrogens (tertiary/aromatic N) is 6. The number of benzene rings is 19. The van der Waals surface area contributed by atoms with Crippen LogP contribution >= 0.6 is 45.3 Å². The van der Waals surface area contributed by atoms with E-state index < -0.39 is 0 Å². The number of hydrogen-bond donors (Lipinski definition) is 0. The van der Waals surface area contributed by atoms with Crippen LogP contribution in [0.1, 0.15) is 0 Å². The van der Waals surface area contributed by atoms with Gasteiger partial charge >= 0.3 is 0 Å². The fourth-order valence-electron chi connectivity index (χ4n) is 17.7. The van der Waals surface area contributed by atoms with Gasteiger partial charge in [-0.05, 0) is 207 Å². The molecule has 10 heteroatoms. The van der Waals surface area contributed by atoms with E-state index in [1.807, 2.05) is 45.3 Å². The summed E-state index contributed by atoms with van der Waals surface area (Å²) in [6, 6.07) is 127. The van der Waals surface area contributed by atoms with Crippen molar-refractivity contribution in [2.45, 2.75) is 0 Å². The maximum atomic E-state index is 5.36. The quantitative estimate of drug-likeness (QED) is 0.148. The molecule has 0 aliphatic carbocycles. The van der Waals surface area contributed by atoms with Crippen LogP contribution in [-0.2, 0) is 0 Å². The van der Waals surface area contributed by atoms with E-state index in [9.17, 15) is 0 Å². The van der Waals surface area contributed by atoms with E-state index in [2.05, 4.69) is 352 Å². The Morgan fingerprint density at radius 3 is 0.675 bits per heavy atom. The van der Waals surface area contributed by atoms with E-state index in [-0.39, 0.29) is 0 Å². The fourth-order valence-corrected chi connectivity index (χ4v) is 22.1. The molecule has 6 heterocycles. The molecule has 0 radical (unpaired) electrons. The molecular weight excluding hydrogens is 1460 g/mol. The highest BCUT2D eigenvalue weighted by atomic mass is 32.1. The number of hydrogen-bond acceptors (Lipinski definition) is 10. The van der Waals surface area contributed by atoms with Crippen molar-refractivity contribution in [3.63, 3.8) is 0 Å². The summed E-state index contributed by atoms with van der Waals surface area (Å²) in [6.45, 7) is 0. The van der Waals surface area contributed by atoms with E-state index in [4.69, 9.17) is 29.9 Å². The summed E-state index contributed by atoms with van der Waals surface area (Å²) in [7, 11) is 0. The van der Waals surface area contributed by atoms with Gasteiger partial charge in [0.15, 0.2) is 34.9 Å². The molecule has 19 aromatic carbocycles. The minimum absolute atomic E-state index is 0.646. The van der Waals surface area contributed by atoms with Crippen molar-refractivity contribution in [2.24, 2.45) is 0 Å². The Hall–Kier alpha value is -13.8. The Morgan fingerprint density at radius 1 is 0.132 bits per heavy atom. The Kier molecular flexibility index (Phi) is 14.7. The smallest absolute Gasteiger partial charge is 0.164 e. The van der Waals surface area contributed by atoms with Gasteiger partial charge in [-0.25, -0.2) is 29.9 Å². The van der Waals surface area contributed by atoms with Crippen molar-refractivity contribution in [2.75, 3.05) is 0 Å². The predicted octanol–water partition coefficient (Wildman–Crippen LogP) is 30.1. The average Bonchev–Trinajstić information content (AvgIpc) is 1.18. The normalized spacial score (nSPS) is 12.0. The second kappa shape index (κ2) is 25.9. The van der Waals surface area contributed by atoms with Crippen molar-refractivity contribution in [3.8, 4) is 79.5 Å². The second-order valence-electron chi connectivity index (χ2n) is 29.4. The molecule has 6 nitrogen and oxygen atoms in total. The van der Waals surface area contributed by atoms with Crippen LogP contribution in [0.25, 0.3) is 246 Å². The molecule has 0 unspecified atom stereocenters. The number of thiophene rings is 4. The van der Waals surface area contributed by atoms with Gasteiger partial charge in [0.25, 0.3) is 0 Å². The van der Waals surface area contributed by atoms with Crippen molar-refractivity contribution >= 4 is 212 Å². The fraction of sp³-hybridized carbons (Fsp3) is 0. The van der Waals surface area contributed by atoms with Gasteiger partial charge in [0.05, 0.1) is 0 Å². The molecule has 0 fully saturated rings. The van der Waals surface area contributed by atoms with Crippen LogP contribution < -0.4 is 0 Å². The first-order chi connectivity index (χ1) is 56.5. The average molecular weight is 1520 g/mol. The molecule has 0 amide bonds. The zero-order valence-corrected chi connectivity index (χ0v) is 64.1. The van der Waals surface area contributed by atoms with E-state index in [1.54, 1.807) is 0 Å². The molecule has 6 aromatic heterocycles. The molecule has 25 rings (SSSR count). The topological polar surface area (TPSA) is 77.3 Å². The summed E-state index contributed by atoms with van der Waals surface area (Å²) in [5.74, 6) is 3.95. The molecule has 114 heavy (non-hydrogen) atoms. The summed E-state index contributed by atoms with van der Waals surface area (Å²) in [4.78, 5) is 31.6. The maximum Gasteiger partial charge on any atom is 0.164 e.